The second-order valence-electron chi connectivity index (χ2n) is 8.15. The number of benzene rings is 4. The van der Waals surface area contributed by atoms with Gasteiger partial charge < -0.3 is 5.11 Å². The van der Waals surface area contributed by atoms with Gasteiger partial charge in [0.15, 0.2) is 11.6 Å². The lowest BCUT2D eigenvalue weighted by molar-refractivity contribution is 0.103. The monoisotopic (exact) mass is 402 g/mol. The van der Waals surface area contributed by atoms with Crippen LogP contribution in [-0.2, 0) is 6.42 Å². The minimum absolute atomic E-state index is 0.000502. The van der Waals surface area contributed by atoms with Gasteiger partial charge in [0.05, 0.1) is 6.10 Å². The number of carbonyl (C=O) groups excluding carboxylic acids is 2. The van der Waals surface area contributed by atoms with Gasteiger partial charge in [-0.05, 0) is 45.5 Å². The molecule has 0 radical (unpaired) electrons. The smallest absolute Gasteiger partial charge is 0.194 e. The standard InChI is InChI=1S/C28H18O3/c29-26(17-10-12-21-19-6-2-4-8-23(19)28(31)25(21)15-17)14-16-9-11-20-18-5-1-3-7-22(18)27(30)24(20)13-16/h1-13,15,26,29H,14H2. The fourth-order valence-electron chi connectivity index (χ4n) is 4.80. The third-order valence-corrected chi connectivity index (χ3v) is 6.35. The van der Waals surface area contributed by atoms with E-state index in [-0.39, 0.29) is 11.6 Å². The van der Waals surface area contributed by atoms with Gasteiger partial charge in [0.25, 0.3) is 0 Å². The molecular weight excluding hydrogens is 384 g/mol. The van der Waals surface area contributed by atoms with Gasteiger partial charge in [-0.1, -0.05) is 72.8 Å². The van der Waals surface area contributed by atoms with Crippen LogP contribution >= 0.6 is 0 Å². The molecule has 0 heterocycles. The lowest BCUT2D eigenvalue weighted by Crippen LogP contribution is -2.05. The van der Waals surface area contributed by atoms with E-state index in [2.05, 4.69) is 0 Å². The van der Waals surface area contributed by atoms with E-state index in [1.807, 2.05) is 78.9 Å². The van der Waals surface area contributed by atoms with Gasteiger partial charge >= 0.3 is 0 Å². The summed E-state index contributed by atoms with van der Waals surface area (Å²) in [5, 5.41) is 10.9. The highest BCUT2D eigenvalue weighted by molar-refractivity contribution is 6.22. The number of aliphatic hydroxyl groups excluding tert-OH is 1. The highest BCUT2D eigenvalue weighted by Gasteiger charge is 2.28. The third kappa shape index (κ3) is 2.64. The molecule has 4 aromatic rings. The summed E-state index contributed by atoms with van der Waals surface area (Å²) in [6.45, 7) is 0. The van der Waals surface area contributed by atoms with Crippen molar-refractivity contribution in [1.82, 2.24) is 0 Å². The Kier molecular flexibility index (Phi) is 3.83. The summed E-state index contributed by atoms with van der Waals surface area (Å²) in [4.78, 5) is 25.5. The molecule has 1 unspecified atom stereocenters. The Morgan fingerprint density at radius 2 is 1.03 bits per heavy atom. The quantitative estimate of drug-likeness (QED) is 0.432. The maximum absolute atomic E-state index is 12.8. The van der Waals surface area contributed by atoms with Crippen LogP contribution in [0.1, 0.15) is 49.1 Å². The van der Waals surface area contributed by atoms with Gasteiger partial charge in [-0.2, -0.15) is 0 Å². The van der Waals surface area contributed by atoms with Crippen molar-refractivity contribution in [2.75, 3.05) is 0 Å². The SMILES string of the molecule is O=C1c2ccccc2-c2ccc(CC(O)c3ccc4c(c3)C(=O)c3ccccc3-4)cc21. The lowest BCUT2D eigenvalue weighted by atomic mass is 9.95. The molecule has 148 valence electrons. The van der Waals surface area contributed by atoms with Crippen molar-refractivity contribution in [2.24, 2.45) is 0 Å². The Balaban J connectivity index is 1.30. The van der Waals surface area contributed by atoms with E-state index in [9.17, 15) is 14.7 Å². The molecule has 0 aromatic heterocycles. The number of aliphatic hydroxyl groups is 1. The first-order chi connectivity index (χ1) is 15.1. The van der Waals surface area contributed by atoms with E-state index >= 15 is 0 Å². The molecule has 0 spiro atoms. The second-order valence-corrected chi connectivity index (χ2v) is 8.15. The molecular formula is C28H18O3. The molecule has 31 heavy (non-hydrogen) atoms. The maximum Gasteiger partial charge on any atom is 0.194 e. The molecule has 4 aromatic carbocycles. The van der Waals surface area contributed by atoms with E-state index in [1.54, 1.807) is 6.07 Å². The summed E-state index contributed by atoms with van der Waals surface area (Å²) in [6.07, 6.45) is -0.393. The van der Waals surface area contributed by atoms with Crippen molar-refractivity contribution in [3.63, 3.8) is 0 Å². The van der Waals surface area contributed by atoms with E-state index in [4.69, 9.17) is 0 Å². The fourth-order valence-corrected chi connectivity index (χ4v) is 4.80. The summed E-state index contributed by atoms with van der Waals surface area (Å²) in [6, 6.07) is 26.6. The maximum atomic E-state index is 12.8. The van der Waals surface area contributed by atoms with E-state index in [0.717, 1.165) is 33.4 Å². The molecule has 3 heteroatoms. The lowest BCUT2D eigenvalue weighted by Gasteiger charge is -2.13. The molecule has 6 rings (SSSR count). The van der Waals surface area contributed by atoms with Crippen molar-refractivity contribution in [2.45, 2.75) is 12.5 Å². The average molecular weight is 402 g/mol. The number of hydrogen-bond donors (Lipinski definition) is 1. The summed E-state index contributed by atoms with van der Waals surface area (Å²) in [7, 11) is 0. The minimum atomic E-state index is -0.765. The molecule has 0 saturated carbocycles. The zero-order valence-electron chi connectivity index (χ0n) is 16.6. The summed E-state index contributed by atoms with van der Waals surface area (Å²) in [5.41, 5.74) is 8.12. The Labute approximate surface area is 179 Å². The van der Waals surface area contributed by atoms with Gasteiger partial charge in [-0.3, -0.25) is 9.59 Å². The van der Waals surface area contributed by atoms with Gasteiger partial charge in [0.1, 0.15) is 0 Å². The molecule has 2 aliphatic rings. The van der Waals surface area contributed by atoms with Crippen LogP contribution in [0, 0.1) is 0 Å². The molecule has 0 bridgehead atoms. The van der Waals surface area contributed by atoms with E-state index in [0.29, 0.717) is 28.7 Å². The number of carbonyl (C=O) groups is 2. The Morgan fingerprint density at radius 1 is 0.548 bits per heavy atom. The van der Waals surface area contributed by atoms with Crippen LogP contribution in [0.15, 0.2) is 84.9 Å². The molecule has 1 atom stereocenters. The van der Waals surface area contributed by atoms with Crippen molar-refractivity contribution < 1.29 is 14.7 Å². The molecule has 0 aliphatic heterocycles. The van der Waals surface area contributed by atoms with Crippen LogP contribution in [0.5, 0.6) is 0 Å². The first-order valence-electron chi connectivity index (χ1n) is 10.3. The summed E-state index contributed by atoms with van der Waals surface area (Å²) >= 11 is 0. The number of rotatable bonds is 3. The average Bonchev–Trinajstić information content (AvgIpc) is 3.26. The zero-order valence-corrected chi connectivity index (χ0v) is 16.6. The zero-order chi connectivity index (χ0) is 21.1. The normalized spacial score (nSPS) is 14.1. The van der Waals surface area contributed by atoms with Crippen LogP contribution in [0.25, 0.3) is 22.3 Å². The molecule has 1 N–H and O–H groups in total. The van der Waals surface area contributed by atoms with Crippen LogP contribution < -0.4 is 0 Å². The largest absolute Gasteiger partial charge is 0.388 e. The Bertz CT molecular complexity index is 1410. The number of hydrogen-bond acceptors (Lipinski definition) is 3. The first-order valence-corrected chi connectivity index (χ1v) is 10.3. The molecule has 2 aliphatic carbocycles. The van der Waals surface area contributed by atoms with Gasteiger partial charge in [-0.25, -0.2) is 0 Å². The third-order valence-electron chi connectivity index (χ3n) is 6.35. The second kappa shape index (κ2) is 6.59. The number of fused-ring (bicyclic) bond motifs is 6. The van der Waals surface area contributed by atoms with Crippen LogP contribution in [0.3, 0.4) is 0 Å². The van der Waals surface area contributed by atoms with Crippen LogP contribution in [-0.4, -0.2) is 16.7 Å². The van der Waals surface area contributed by atoms with Gasteiger partial charge in [-0.15, -0.1) is 0 Å². The van der Waals surface area contributed by atoms with Gasteiger partial charge in [0, 0.05) is 28.7 Å². The van der Waals surface area contributed by atoms with E-state index in [1.165, 1.54) is 0 Å². The molecule has 0 fully saturated rings. The molecule has 3 nitrogen and oxygen atoms in total. The summed E-state index contributed by atoms with van der Waals surface area (Å²) < 4.78 is 0. The van der Waals surface area contributed by atoms with Crippen molar-refractivity contribution in [1.29, 1.82) is 0 Å². The van der Waals surface area contributed by atoms with Crippen LogP contribution in [0.4, 0.5) is 0 Å². The van der Waals surface area contributed by atoms with E-state index < -0.39 is 6.10 Å². The highest BCUT2D eigenvalue weighted by atomic mass is 16.3. The molecule has 0 saturated heterocycles. The van der Waals surface area contributed by atoms with Crippen molar-refractivity contribution in [3.8, 4) is 22.3 Å². The Hall–Kier alpha value is -3.82. The minimum Gasteiger partial charge on any atom is -0.388 e. The van der Waals surface area contributed by atoms with Crippen LogP contribution in [0.2, 0.25) is 0 Å². The fraction of sp³-hybridized carbons (Fsp3) is 0.0714. The summed E-state index contributed by atoms with van der Waals surface area (Å²) in [5.74, 6) is 0.0309. The molecule has 0 amide bonds. The predicted octanol–water partition coefficient (Wildman–Crippen LogP) is 5.39. The first kappa shape index (κ1) is 18.0. The van der Waals surface area contributed by atoms with Crippen molar-refractivity contribution >= 4 is 11.6 Å². The van der Waals surface area contributed by atoms with Crippen molar-refractivity contribution in [3.05, 3.63) is 118 Å². The Morgan fingerprint density at radius 3 is 1.65 bits per heavy atom. The topological polar surface area (TPSA) is 54.4 Å². The predicted molar refractivity (Wildman–Crippen MR) is 119 cm³/mol. The van der Waals surface area contributed by atoms with Gasteiger partial charge in [0.2, 0.25) is 0 Å². The highest BCUT2D eigenvalue weighted by Crippen LogP contribution is 2.39. The number of ketones is 2.